The number of benzene rings is 1. The molecule has 0 spiro atoms. The predicted octanol–water partition coefficient (Wildman–Crippen LogP) is 4.44. The molecule has 0 aliphatic heterocycles. The highest BCUT2D eigenvalue weighted by atomic mass is 35.5. The van der Waals surface area contributed by atoms with Crippen molar-refractivity contribution in [1.29, 1.82) is 0 Å². The summed E-state index contributed by atoms with van der Waals surface area (Å²) in [5.74, 6) is 0.703. The van der Waals surface area contributed by atoms with Gasteiger partial charge in [-0.3, -0.25) is 0 Å². The van der Waals surface area contributed by atoms with Gasteiger partial charge in [0.25, 0.3) is 0 Å². The van der Waals surface area contributed by atoms with E-state index >= 15 is 0 Å². The van der Waals surface area contributed by atoms with Crippen LogP contribution < -0.4 is 10.6 Å². The van der Waals surface area contributed by atoms with Gasteiger partial charge in [0.1, 0.15) is 0 Å². The van der Waals surface area contributed by atoms with Gasteiger partial charge >= 0.3 is 0 Å². The molecule has 0 bridgehead atoms. The molecule has 0 saturated heterocycles. The topological polar surface area (TPSA) is 24.1 Å². The Labute approximate surface area is 132 Å². The van der Waals surface area contributed by atoms with Crippen molar-refractivity contribution in [1.82, 2.24) is 10.6 Å². The van der Waals surface area contributed by atoms with Crippen LogP contribution in [0.5, 0.6) is 0 Å². The highest BCUT2D eigenvalue weighted by molar-refractivity contribution is 7.80. The fourth-order valence-electron chi connectivity index (χ4n) is 2.77. The summed E-state index contributed by atoms with van der Waals surface area (Å²) in [5.41, 5.74) is 1.19. The van der Waals surface area contributed by atoms with Gasteiger partial charge in [-0.15, -0.1) is 0 Å². The third kappa shape index (κ3) is 4.35. The molecule has 2 N–H and O–H groups in total. The number of rotatable bonds is 3. The van der Waals surface area contributed by atoms with Crippen LogP contribution in [0.1, 0.15) is 51.1 Å². The van der Waals surface area contributed by atoms with E-state index in [9.17, 15) is 0 Å². The minimum Gasteiger partial charge on any atom is -0.360 e. The van der Waals surface area contributed by atoms with Crippen molar-refractivity contribution < 1.29 is 0 Å². The molecule has 1 saturated carbocycles. The van der Waals surface area contributed by atoms with E-state index in [1.54, 1.807) is 0 Å². The molecular weight excluding hydrogens is 288 g/mol. The number of hydrogen-bond acceptors (Lipinski definition) is 1. The zero-order chi connectivity index (χ0) is 14.5. The average molecular weight is 311 g/mol. The van der Waals surface area contributed by atoms with Crippen molar-refractivity contribution in [2.24, 2.45) is 5.92 Å². The molecule has 1 aromatic rings. The second kappa shape index (κ2) is 7.28. The maximum absolute atomic E-state index is 5.91. The molecule has 1 fully saturated rings. The Morgan fingerprint density at radius 2 is 1.90 bits per heavy atom. The van der Waals surface area contributed by atoms with Crippen LogP contribution in [0.3, 0.4) is 0 Å². The van der Waals surface area contributed by atoms with Gasteiger partial charge in [0.05, 0.1) is 6.04 Å². The van der Waals surface area contributed by atoms with Gasteiger partial charge in [-0.05, 0) is 55.6 Å². The highest BCUT2D eigenvalue weighted by Crippen LogP contribution is 2.23. The number of thiocarbonyl (C=S) groups is 1. The van der Waals surface area contributed by atoms with Crippen LogP contribution in [-0.4, -0.2) is 11.2 Å². The fraction of sp³-hybridized carbons (Fsp3) is 0.562. The zero-order valence-electron chi connectivity index (χ0n) is 12.2. The van der Waals surface area contributed by atoms with Crippen molar-refractivity contribution in [3.8, 4) is 0 Å². The predicted molar refractivity (Wildman–Crippen MR) is 90.2 cm³/mol. The van der Waals surface area contributed by atoms with E-state index in [1.807, 2.05) is 24.3 Å². The van der Waals surface area contributed by atoms with Crippen molar-refractivity contribution >= 4 is 28.9 Å². The Kier molecular flexibility index (Phi) is 5.67. The highest BCUT2D eigenvalue weighted by Gasteiger charge is 2.22. The summed E-state index contributed by atoms with van der Waals surface area (Å²) in [6, 6.07) is 8.59. The van der Waals surface area contributed by atoms with Crippen LogP contribution in [0.2, 0.25) is 5.02 Å². The lowest BCUT2D eigenvalue weighted by Crippen LogP contribution is -2.46. The van der Waals surface area contributed by atoms with Crippen LogP contribution in [0.15, 0.2) is 24.3 Å². The van der Waals surface area contributed by atoms with Gasteiger partial charge in [-0.25, -0.2) is 0 Å². The van der Waals surface area contributed by atoms with Crippen molar-refractivity contribution in [3.63, 3.8) is 0 Å². The first kappa shape index (κ1) is 15.6. The maximum Gasteiger partial charge on any atom is 0.166 e. The van der Waals surface area contributed by atoms with Crippen LogP contribution in [0.25, 0.3) is 0 Å². The largest absolute Gasteiger partial charge is 0.360 e. The molecule has 1 aliphatic rings. The average Bonchev–Trinajstić information content (AvgIpc) is 2.42. The number of nitrogens with one attached hydrogen (secondary N) is 2. The first-order chi connectivity index (χ1) is 9.56. The summed E-state index contributed by atoms with van der Waals surface area (Å²) < 4.78 is 0. The molecule has 1 aliphatic carbocycles. The third-order valence-electron chi connectivity index (χ3n) is 4.15. The minimum atomic E-state index is 0.186. The van der Waals surface area contributed by atoms with Crippen molar-refractivity contribution in [3.05, 3.63) is 34.9 Å². The van der Waals surface area contributed by atoms with Gasteiger partial charge in [0, 0.05) is 11.1 Å². The Bertz CT molecular complexity index is 446. The standard InChI is InChI=1S/C16H23ClN2S/c1-11-5-3-4-6-15(11)19-16(20)18-12(2)13-7-9-14(17)10-8-13/h7-12,15H,3-6H2,1-2H3,(H2,18,19,20)/t11-,12+,15+/m1/s1. The molecule has 0 radical (unpaired) electrons. The summed E-state index contributed by atoms with van der Waals surface area (Å²) in [6.07, 6.45) is 5.17. The minimum absolute atomic E-state index is 0.186. The number of halogens is 1. The Balaban J connectivity index is 1.85. The summed E-state index contributed by atoms with van der Waals surface area (Å²) in [7, 11) is 0. The van der Waals surface area contributed by atoms with Crippen molar-refractivity contribution in [2.75, 3.05) is 0 Å². The van der Waals surface area contributed by atoms with Crippen LogP contribution >= 0.6 is 23.8 Å². The summed E-state index contributed by atoms with van der Waals surface area (Å²) in [6.45, 7) is 4.42. The molecule has 3 atom stereocenters. The van der Waals surface area contributed by atoms with E-state index in [4.69, 9.17) is 23.8 Å². The summed E-state index contributed by atoms with van der Waals surface area (Å²) >= 11 is 11.3. The zero-order valence-corrected chi connectivity index (χ0v) is 13.7. The quantitative estimate of drug-likeness (QED) is 0.807. The maximum atomic E-state index is 5.91. The van der Waals surface area contributed by atoms with E-state index in [0.717, 1.165) is 10.1 Å². The van der Waals surface area contributed by atoms with Crippen LogP contribution in [0.4, 0.5) is 0 Å². The lowest BCUT2D eigenvalue weighted by molar-refractivity contribution is 0.307. The monoisotopic (exact) mass is 310 g/mol. The molecule has 2 nitrogen and oxygen atoms in total. The SMILES string of the molecule is C[C@H](NC(=S)N[C@H]1CCCC[C@H]1C)c1ccc(Cl)cc1. The van der Waals surface area contributed by atoms with E-state index in [-0.39, 0.29) is 6.04 Å². The lowest BCUT2D eigenvalue weighted by Gasteiger charge is -2.31. The molecule has 0 amide bonds. The van der Waals surface area contributed by atoms with Gasteiger partial charge in [-0.2, -0.15) is 0 Å². The van der Waals surface area contributed by atoms with E-state index < -0.39 is 0 Å². The smallest absolute Gasteiger partial charge is 0.166 e. The second-order valence-electron chi connectivity index (χ2n) is 5.76. The molecule has 20 heavy (non-hydrogen) atoms. The Morgan fingerprint density at radius 1 is 1.25 bits per heavy atom. The van der Waals surface area contributed by atoms with Crippen LogP contribution in [-0.2, 0) is 0 Å². The molecule has 1 aromatic carbocycles. The molecule has 0 unspecified atom stereocenters. The van der Waals surface area contributed by atoms with Gasteiger partial charge < -0.3 is 10.6 Å². The third-order valence-corrected chi connectivity index (χ3v) is 4.63. The molecule has 0 heterocycles. The normalized spacial score (nSPS) is 23.9. The fourth-order valence-corrected chi connectivity index (χ4v) is 3.23. The van der Waals surface area contributed by atoms with Gasteiger partial charge in [0.15, 0.2) is 5.11 Å². The lowest BCUT2D eigenvalue weighted by atomic mass is 9.86. The Hall–Kier alpha value is -0.800. The first-order valence-electron chi connectivity index (χ1n) is 7.39. The molecule has 4 heteroatoms. The molecule has 110 valence electrons. The van der Waals surface area contributed by atoms with Gasteiger partial charge in [0.2, 0.25) is 0 Å². The van der Waals surface area contributed by atoms with Crippen molar-refractivity contribution in [2.45, 2.75) is 51.6 Å². The van der Waals surface area contributed by atoms with E-state index in [2.05, 4.69) is 24.5 Å². The summed E-state index contributed by atoms with van der Waals surface area (Å²) in [4.78, 5) is 0. The second-order valence-corrected chi connectivity index (χ2v) is 6.60. The summed E-state index contributed by atoms with van der Waals surface area (Å²) in [5, 5.41) is 8.35. The van der Waals surface area contributed by atoms with Crippen LogP contribution in [0, 0.1) is 5.92 Å². The molecular formula is C16H23ClN2S. The van der Waals surface area contributed by atoms with E-state index in [1.165, 1.54) is 31.2 Å². The molecule has 2 rings (SSSR count). The van der Waals surface area contributed by atoms with Gasteiger partial charge in [-0.1, -0.05) is 43.5 Å². The van der Waals surface area contributed by atoms with E-state index in [0.29, 0.717) is 12.0 Å². The Morgan fingerprint density at radius 3 is 2.55 bits per heavy atom. The molecule has 0 aromatic heterocycles. The number of hydrogen-bond donors (Lipinski definition) is 2. The first-order valence-corrected chi connectivity index (χ1v) is 8.17.